The van der Waals surface area contributed by atoms with E-state index >= 15 is 0 Å². The van der Waals surface area contributed by atoms with Crippen molar-refractivity contribution in [1.29, 1.82) is 0 Å². The van der Waals surface area contributed by atoms with Crippen LogP contribution in [0.5, 0.6) is 0 Å². The van der Waals surface area contributed by atoms with Gasteiger partial charge in [0.2, 0.25) is 11.8 Å². The number of nitrogens with zero attached hydrogens (tertiary/aromatic N) is 4. The molecular weight excluding hydrogens is 697 g/mol. The number of benzene rings is 1. The first-order valence-electron chi connectivity index (χ1n) is 17.8. The molecule has 3 aromatic rings. The Bertz CT molecular complexity index is 1850. The molecule has 0 spiro atoms. The minimum absolute atomic E-state index is 0.119. The molecule has 0 aliphatic carbocycles. The maximum atomic E-state index is 13.8. The molecule has 284 valence electrons. The molecule has 2 aliphatic rings. The number of carbonyl (C=O) groups excluding carboxylic acids is 4. The van der Waals surface area contributed by atoms with E-state index in [1.165, 1.54) is 21.3 Å². The van der Waals surface area contributed by atoms with Crippen molar-refractivity contribution in [1.82, 2.24) is 40.4 Å². The van der Waals surface area contributed by atoms with Crippen LogP contribution in [0.25, 0.3) is 11.3 Å². The lowest BCUT2D eigenvalue weighted by Gasteiger charge is -2.31. The monoisotopic (exact) mass is 746 g/mol. The van der Waals surface area contributed by atoms with Crippen LogP contribution in [0.4, 0.5) is 9.59 Å². The van der Waals surface area contributed by atoms with Crippen LogP contribution in [0.2, 0.25) is 19.1 Å². The zero-order valence-electron chi connectivity index (χ0n) is 31.6. The van der Waals surface area contributed by atoms with Crippen LogP contribution in [0, 0.1) is 17.8 Å². The average molecular weight is 747 g/mol. The van der Waals surface area contributed by atoms with Crippen molar-refractivity contribution in [3.8, 4) is 23.1 Å². The second kappa shape index (κ2) is 16.7. The number of methoxy groups -OCH3 is 3. The largest absolute Gasteiger partial charge is 0.453 e. The summed E-state index contributed by atoms with van der Waals surface area (Å²) in [6.45, 7) is 10.6. The van der Waals surface area contributed by atoms with Gasteiger partial charge in [-0.05, 0) is 55.3 Å². The lowest BCUT2D eigenvalue weighted by molar-refractivity contribution is -0.137. The molecule has 15 nitrogen and oxygen atoms in total. The van der Waals surface area contributed by atoms with Crippen LogP contribution < -0.4 is 10.6 Å². The molecule has 4 heterocycles. The number of H-pyrrole nitrogens is 2. The predicted octanol–water partition coefficient (Wildman–Crippen LogP) is 4.13. The van der Waals surface area contributed by atoms with Gasteiger partial charge >= 0.3 is 12.2 Å². The molecule has 0 radical (unpaired) electrons. The fraction of sp³-hybridized carbons (Fsp3) is 0.514. The lowest BCUT2D eigenvalue weighted by atomic mass is 10.0. The molecule has 53 heavy (non-hydrogen) atoms. The van der Waals surface area contributed by atoms with Crippen molar-refractivity contribution >= 4 is 32.1 Å². The number of hydrogen-bond donors (Lipinski definition) is 4. The van der Waals surface area contributed by atoms with Gasteiger partial charge in [-0.3, -0.25) is 9.59 Å². The van der Waals surface area contributed by atoms with Gasteiger partial charge < -0.3 is 44.6 Å². The Labute approximate surface area is 311 Å². The maximum absolute atomic E-state index is 13.8. The maximum Gasteiger partial charge on any atom is 0.407 e. The summed E-state index contributed by atoms with van der Waals surface area (Å²) in [5.74, 6) is 7.14. The van der Waals surface area contributed by atoms with E-state index in [0.717, 1.165) is 35.7 Å². The van der Waals surface area contributed by atoms with Gasteiger partial charge in [0.25, 0.3) is 0 Å². The Morgan fingerprint density at radius 2 is 1.47 bits per heavy atom. The topological polar surface area (TPSA) is 184 Å². The van der Waals surface area contributed by atoms with Gasteiger partial charge in [-0.25, -0.2) is 19.6 Å². The summed E-state index contributed by atoms with van der Waals surface area (Å²) in [5, 5.41) is 5.31. The quantitative estimate of drug-likeness (QED) is 0.175. The number of nitrogens with one attached hydrogen (secondary N) is 4. The van der Waals surface area contributed by atoms with E-state index in [-0.39, 0.29) is 29.8 Å². The van der Waals surface area contributed by atoms with E-state index in [4.69, 9.17) is 19.2 Å². The number of alkyl carbamates (subject to hydrolysis) is 2. The van der Waals surface area contributed by atoms with Gasteiger partial charge in [-0.1, -0.05) is 45.0 Å². The number of aromatic nitrogens is 4. The Morgan fingerprint density at radius 3 is 2.11 bits per heavy atom. The van der Waals surface area contributed by atoms with Crippen LogP contribution >= 0.6 is 0 Å². The van der Waals surface area contributed by atoms with Crippen LogP contribution in [0.1, 0.15) is 68.6 Å². The Hall–Kier alpha value is -5.14. The van der Waals surface area contributed by atoms with E-state index in [0.29, 0.717) is 30.1 Å². The van der Waals surface area contributed by atoms with Crippen molar-refractivity contribution in [3.63, 3.8) is 0 Å². The summed E-state index contributed by atoms with van der Waals surface area (Å²) in [7, 11) is 2.24. The number of rotatable bonds is 10. The summed E-state index contributed by atoms with van der Waals surface area (Å²) in [5.41, 5.74) is 3.15. The summed E-state index contributed by atoms with van der Waals surface area (Å²) < 4.78 is 14.9. The van der Waals surface area contributed by atoms with Crippen molar-refractivity contribution < 1.29 is 33.4 Å². The molecule has 2 fully saturated rings. The molecule has 0 saturated carbocycles. The Morgan fingerprint density at radius 1 is 0.849 bits per heavy atom. The molecule has 2 aromatic heterocycles. The average Bonchev–Trinajstić information content (AvgIpc) is 3.97. The first-order valence-corrected chi connectivity index (χ1v) is 21.2. The summed E-state index contributed by atoms with van der Waals surface area (Å²) in [4.78, 5) is 70.8. The molecule has 2 aliphatic heterocycles. The van der Waals surface area contributed by atoms with Crippen LogP contribution in [0.15, 0.2) is 36.7 Å². The van der Waals surface area contributed by atoms with E-state index in [2.05, 4.69) is 50.5 Å². The zero-order valence-corrected chi connectivity index (χ0v) is 32.6. The van der Waals surface area contributed by atoms with Gasteiger partial charge in [0, 0.05) is 25.4 Å². The molecule has 4 amide bonds. The van der Waals surface area contributed by atoms with Gasteiger partial charge in [-0.2, -0.15) is 0 Å². The zero-order chi connectivity index (χ0) is 38.4. The Kier molecular flexibility index (Phi) is 12.3. The van der Waals surface area contributed by atoms with Crippen molar-refractivity contribution in [2.45, 2.75) is 83.0 Å². The van der Waals surface area contributed by atoms with Gasteiger partial charge in [0.1, 0.15) is 29.4 Å². The SMILES string of the molecule is COC(=O)N[C@H](C(=O)N1CCC[C@H]1c1ncc(C#Cc2ccc(-c3cnc([C@@H]4C[Si](C)(C)CN4C(=O)[C@@H](NC(=O)OC)C(C)OC)[nH]3)cc2)[nH]1)C(C)C. The molecule has 1 unspecified atom stereocenters. The fourth-order valence-corrected chi connectivity index (χ4v) is 9.80. The van der Waals surface area contributed by atoms with Gasteiger partial charge in [0.05, 0.1) is 58.6 Å². The third kappa shape index (κ3) is 9.09. The normalized spacial score (nSPS) is 19.6. The molecule has 1 aromatic carbocycles. The number of likely N-dealkylation sites (tertiary alicyclic amines) is 1. The smallest absolute Gasteiger partial charge is 0.407 e. The highest BCUT2D eigenvalue weighted by Gasteiger charge is 2.46. The van der Waals surface area contributed by atoms with E-state index in [9.17, 15) is 19.2 Å². The number of carbonyl (C=O) groups is 4. The van der Waals surface area contributed by atoms with Crippen molar-refractivity contribution in [2.24, 2.45) is 5.92 Å². The third-order valence-electron chi connectivity index (χ3n) is 9.86. The second-order valence-corrected chi connectivity index (χ2v) is 19.7. The highest BCUT2D eigenvalue weighted by molar-refractivity contribution is 6.78. The second-order valence-electron chi connectivity index (χ2n) is 14.6. The van der Waals surface area contributed by atoms with Crippen LogP contribution in [0.3, 0.4) is 0 Å². The highest BCUT2D eigenvalue weighted by atomic mass is 28.3. The molecule has 0 bridgehead atoms. The first-order chi connectivity index (χ1) is 25.2. The van der Waals surface area contributed by atoms with Crippen LogP contribution in [-0.2, 0) is 23.8 Å². The molecular formula is C37H50N8O7Si. The number of hydrogen-bond acceptors (Lipinski definition) is 9. The molecule has 2 saturated heterocycles. The lowest BCUT2D eigenvalue weighted by Crippen LogP contribution is -2.54. The van der Waals surface area contributed by atoms with Crippen LogP contribution in [-0.4, -0.2) is 114 Å². The summed E-state index contributed by atoms with van der Waals surface area (Å²) in [6.07, 6.45) is 3.74. The number of ether oxygens (including phenoxy) is 3. The van der Waals surface area contributed by atoms with E-state index < -0.39 is 38.4 Å². The standard InChI is InChI=1S/C37H50N8O7Si/c1-22(2)30(42-36(48)51-5)34(46)44-17-9-10-28(44)32-38-18-26(40-32)16-13-24-11-14-25(15-12-24)27-19-39-33(41-27)29-20-53(7,8)21-45(29)35(47)31(23(3)50-4)43-37(49)52-6/h11-12,14-15,18-19,22-23,28-31H,9-10,17,20-21H2,1-8H3,(H,38,40)(H,39,41)(H,42,48)(H,43,49)/t23?,28-,29-,30-,31-/m0/s1. The van der Waals surface area contributed by atoms with Gasteiger partial charge in [0.15, 0.2) is 0 Å². The fourth-order valence-electron chi connectivity index (χ4n) is 6.91. The third-order valence-corrected chi connectivity index (χ3v) is 12.5. The molecule has 5 rings (SSSR count). The molecule has 4 N–H and O–H groups in total. The first kappa shape index (κ1) is 39.1. The van der Waals surface area contributed by atoms with E-state index in [1.807, 2.05) is 43.0 Å². The summed E-state index contributed by atoms with van der Waals surface area (Å²) >= 11 is 0. The van der Waals surface area contributed by atoms with Crippen molar-refractivity contribution in [2.75, 3.05) is 34.0 Å². The summed E-state index contributed by atoms with van der Waals surface area (Å²) in [6, 6.07) is 6.47. The number of amides is 4. The predicted molar refractivity (Wildman–Crippen MR) is 199 cm³/mol. The number of imidazole rings is 2. The minimum atomic E-state index is -1.79. The van der Waals surface area contributed by atoms with Gasteiger partial charge in [-0.15, -0.1) is 0 Å². The molecule has 16 heteroatoms. The minimum Gasteiger partial charge on any atom is -0.453 e. The highest BCUT2D eigenvalue weighted by Crippen LogP contribution is 2.38. The van der Waals surface area contributed by atoms with Crippen molar-refractivity contribution in [3.05, 3.63) is 59.6 Å². The van der Waals surface area contributed by atoms with E-state index in [1.54, 1.807) is 24.2 Å². The Balaban J connectivity index is 1.27. The molecule has 5 atom stereocenters. The number of aromatic amines is 2.